The summed E-state index contributed by atoms with van der Waals surface area (Å²) < 4.78 is 14.2. The van der Waals surface area contributed by atoms with Gasteiger partial charge in [0.2, 0.25) is 11.8 Å². The molecular weight excluding hydrogens is 397 g/mol. The molecule has 159 valence electrons. The van der Waals surface area contributed by atoms with Crippen molar-refractivity contribution in [2.75, 3.05) is 0 Å². The van der Waals surface area contributed by atoms with E-state index < -0.39 is 17.8 Å². The van der Waals surface area contributed by atoms with E-state index in [1.807, 2.05) is 6.07 Å². The van der Waals surface area contributed by atoms with Crippen LogP contribution in [0.1, 0.15) is 46.3 Å². The Morgan fingerprint density at radius 1 is 1.42 bits per heavy atom. The standard InChI is InChI=1S/C23H19FN5O2.2H2/c1-12(22-18(24)7-14(10-26)11-27-22)28-20(30)8-17-21(15-3-4-15)16-6-13(9-25)2-5-19(16)29-23(17)31;;/h2,5-7,11-12,15,19H,3-4,8H2,1H3,(H,28,30)(H,29,31);2*1H/t12-,19?;;/m1../s1. The molecule has 0 saturated heterocycles. The highest BCUT2D eigenvalue weighted by Crippen LogP contribution is 2.46. The van der Waals surface area contributed by atoms with Gasteiger partial charge in [-0.2, -0.15) is 10.5 Å². The zero-order chi connectivity index (χ0) is 22.1. The van der Waals surface area contributed by atoms with Gasteiger partial charge in [-0.1, -0.05) is 6.08 Å². The van der Waals surface area contributed by atoms with Crippen molar-refractivity contribution >= 4 is 11.8 Å². The number of rotatable bonds is 5. The van der Waals surface area contributed by atoms with Gasteiger partial charge in [0.05, 0.1) is 35.8 Å². The molecule has 1 unspecified atom stereocenters. The fraction of sp³-hybridized carbons (Fsp3) is 0.304. The van der Waals surface area contributed by atoms with Crippen LogP contribution < -0.4 is 10.6 Å². The first-order valence-corrected chi connectivity index (χ1v) is 9.97. The molecule has 4 rings (SSSR count). The van der Waals surface area contributed by atoms with Crippen LogP contribution in [0.25, 0.3) is 0 Å². The number of allylic oxidation sites excluding steroid dienone is 2. The number of carbonyl (C=O) groups is 2. The highest BCUT2D eigenvalue weighted by atomic mass is 19.1. The quantitative estimate of drug-likeness (QED) is 0.759. The number of nitriles is 2. The Kier molecular flexibility index (Phi) is 5.39. The minimum atomic E-state index is -0.736. The highest BCUT2D eigenvalue weighted by Gasteiger charge is 2.40. The van der Waals surface area contributed by atoms with Gasteiger partial charge < -0.3 is 10.6 Å². The zero-order valence-corrected chi connectivity index (χ0v) is 16.8. The molecule has 1 fully saturated rings. The van der Waals surface area contributed by atoms with Crippen molar-refractivity contribution in [2.24, 2.45) is 5.92 Å². The second kappa shape index (κ2) is 8.16. The summed E-state index contributed by atoms with van der Waals surface area (Å²) in [5, 5.41) is 23.6. The molecule has 0 spiro atoms. The number of halogens is 1. The van der Waals surface area contributed by atoms with Crippen molar-refractivity contribution in [3.05, 3.63) is 70.2 Å². The summed E-state index contributed by atoms with van der Waals surface area (Å²) in [6, 6.07) is 3.96. The average molecular weight is 420 g/mol. The molecule has 2 N–H and O–H groups in total. The van der Waals surface area contributed by atoms with E-state index >= 15 is 0 Å². The molecule has 0 aromatic carbocycles. The molecule has 2 atom stereocenters. The number of nitrogens with one attached hydrogen (secondary N) is 2. The van der Waals surface area contributed by atoms with Crippen LogP contribution in [0.3, 0.4) is 0 Å². The lowest BCUT2D eigenvalue weighted by Gasteiger charge is -2.32. The third kappa shape index (κ3) is 4.10. The summed E-state index contributed by atoms with van der Waals surface area (Å²) in [4.78, 5) is 29.4. The second-order valence-corrected chi connectivity index (χ2v) is 7.81. The van der Waals surface area contributed by atoms with Crippen molar-refractivity contribution in [3.63, 3.8) is 0 Å². The van der Waals surface area contributed by atoms with Gasteiger partial charge >= 0.3 is 0 Å². The van der Waals surface area contributed by atoms with Gasteiger partial charge in [-0.05, 0) is 49.0 Å². The molecule has 1 aliphatic heterocycles. The van der Waals surface area contributed by atoms with Gasteiger partial charge in [-0.3, -0.25) is 14.6 Å². The van der Waals surface area contributed by atoms with Crippen molar-refractivity contribution in [1.82, 2.24) is 15.6 Å². The molecule has 7 nitrogen and oxygen atoms in total. The van der Waals surface area contributed by atoms with Gasteiger partial charge in [0.1, 0.15) is 11.9 Å². The number of pyridine rings is 1. The van der Waals surface area contributed by atoms with Crippen molar-refractivity contribution < 1.29 is 16.8 Å². The van der Waals surface area contributed by atoms with E-state index in [2.05, 4.69) is 21.7 Å². The van der Waals surface area contributed by atoms with Gasteiger partial charge in [0, 0.05) is 26.6 Å². The van der Waals surface area contributed by atoms with E-state index in [9.17, 15) is 19.2 Å². The lowest BCUT2D eigenvalue weighted by molar-refractivity contribution is -0.124. The Hall–Kier alpha value is -3.78. The first-order valence-electron chi connectivity index (χ1n) is 9.97. The number of amides is 2. The minimum Gasteiger partial charge on any atom is -0.348 e. The first kappa shape index (κ1) is 20.5. The van der Waals surface area contributed by atoms with E-state index in [0.717, 1.165) is 30.1 Å². The van der Waals surface area contributed by atoms with E-state index in [1.165, 1.54) is 6.20 Å². The van der Waals surface area contributed by atoms with Crippen LogP contribution in [-0.2, 0) is 9.59 Å². The summed E-state index contributed by atoms with van der Waals surface area (Å²) in [6.07, 6.45) is 8.18. The lowest BCUT2D eigenvalue weighted by atomic mass is 9.81. The van der Waals surface area contributed by atoms with Crippen LogP contribution in [0.5, 0.6) is 0 Å². The number of carbonyl (C=O) groups excluding carboxylic acids is 2. The number of hydrogen-bond acceptors (Lipinski definition) is 5. The monoisotopic (exact) mass is 420 g/mol. The summed E-state index contributed by atoms with van der Waals surface area (Å²) in [6.45, 7) is 1.59. The summed E-state index contributed by atoms with van der Waals surface area (Å²) in [5.41, 5.74) is 2.70. The van der Waals surface area contributed by atoms with Crippen LogP contribution in [0.15, 0.2) is 46.7 Å². The van der Waals surface area contributed by atoms with Crippen LogP contribution in [0, 0.1) is 40.8 Å². The molecule has 1 saturated carbocycles. The fourth-order valence-electron chi connectivity index (χ4n) is 3.95. The molecule has 2 heterocycles. The van der Waals surface area contributed by atoms with Crippen LogP contribution in [0.2, 0.25) is 0 Å². The Morgan fingerprint density at radius 3 is 2.84 bits per heavy atom. The molecule has 31 heavy (non-hydrogen) atoms. The molecule has 0 bridgehead atoms. The fourth-order valence-corrected chi connectivity index (χ4v) is 3.95. The normalized spacial score (nSPS) is 21.0. The Labute approximate surface area is 181 Å². The van der Waals surface area contributed by atoms with Crippen LogP contribution in [0.4, 0.5) is 4.39 Å². The van der Waals surface area contributed by atoms with E-state index in [4.69, 9.17) is 5.26 Å². The zero-order valence-electron chi connectivity index (χ0n) is 16.8. The minimum absolute atomic E-state index is 0. The first-order chi connectivity index (χ1) is 14.9. The predicted molar refractivity (Wildman–Crippen MR) is 112 cm³/mol. The maximum Gasteiger partial charge on any atom is 0.248 e. The third-order valence-electron chi connectivity index (χ3n) is 5.55. The molecule has 1 aromatic rings. The highest BCUT2D eigenvalue weighted by molar-refractivity contribution is 6.02. The topological polar surface area (TPSA) is 119 Å². The van der Waals surface area contributed by atoms with E-state index in [-0.39, 0.29) is 38.4 Å². The van der Waals surface area contributed by atoms with Crippen molar-refractivity contribution in [2.45, 2.75) is 38.3 Å². The lowest BCUT2D eigenvalue weighted by Crippen LogP contribution is -2.44. The summed E-state index contributed by atoms with van der Waals surface area (Å²) in [7, 11) is 0. The molecular formula is C23H23FN5O2. The number of hydrogen-bond donors (Lipinski definition) is 2. The smallest absolute Gasteiger partial charge is 0.248 e. The number of aromatic nitrogens is 1. The molecule has 3 aliphatic rings. The van der Waals surface area contributed by atoms with Gasteiger partial charge in [0.15, 0.2) is 0 Å². The van der Waals surface area contributed by atoms with Gasteiger partial charge in [-0.25, -0.2) is 4.39 Å². The average Bonchev–Trinajstić information content (AvgIpc) is 3.58. The molecule has 2 amide bonds. The maximum absolute atomic E-state index is 14.2. The van der Waals surface area contributed by atoms with E-state index in [0.29, 0.717) is 11.1 Å². The number of nitrogens with zero attached hydrogens (tertiary/aromatic N) is 3. The Balaban J connectivity index is 0.00000193. The molecule has 1 aromatic heterocycles. The van der Waals surface area contributed by atoms with Gasteiger partial charge in [-0.15, -0.1) is 0 Å². The maximum atomic E-state index is 14.2. The van der Waals surface area contributed by atoms with Crippen LogP contribution >= 0.6 is 0 Å². The largest absolute Gasteiger partial charge is 0.348 e. The van der Waals surface area contributed by atoms with Crippen molar-refractivity contribution in [3.8, 4) is 12.1 Å². The van der Waals surface area contributed by atoms with E-state index in [1.54, 1.807) is 25.5 Å². The van der Waals surface area contributed by atoms with Gasteiger partial charge in [0.25, 0.3) is 0 Å². The van der Waals surface area contributed by atoms with Crippen molar-refractivity contribution in [1.29, 1.82) is 10.5 Å². The Bertz CT molecular complexity index is 1160. The Morgan fingerprint density at radius 2 is 2.19 bits per heavy atom. The summed E-state index contributed by atoms with van der Waals surface area (Å²) in [5.74, 6) is -1.22. The molecule has 8 heteroatoms. The SMILES string of the molecule is C[C@@H](NC(=O)CC1=C(C2CC2)C2=CC(C#N)=C[CH]C2NC1=O)c1ncc(C#N)cc1F.[HH].[HH]. The number of fused-ring (bicyclic) bond motifs is 1. The second-order valence-electron chi connectivity index (χ2n) is 7.81. The summed E-state index contributed by atoms with van der Waals surface area (Å²) >= 11 is 0. The predicted octanol–water partition coefficient (Wildman–Crippen LogP) is 2.95. The van der Waals surface area contributed by atoms with Crippen LogP contribution in [-0.4, -0.2) is 22.8 Å². The third-order valence-corrected chi connectivity index (χ3v) is 5.55. The molecule has 2 aliphatic carbocycles. The molecule has 1 radical (unpaired) electrons.